The van der Waals surface area contributed by atoms with Crippen molar-refractivity contribution >= 4 is 17.5 Å². The average Bonchev–Trinajstić information content (AvgIpc) is 3.26. The predicted molar refractivity (Wildman–Crippen MR) is 93.6 cm³/mol. The molecule has 5 nitrogen and oxygen atoms in total. The zero-order valence-corrected chi connectivity index (χ0v) is 14.8. The van der Waals surface area contributed by atoms with Gasteiger partial charge in [0.15, 0.2) is 0 Å². The molecule has 1 unspecified atom stereocenters. The van der Waals surface area contributed by atoms with Gasteiger partial charge in [-0.2, -0.15) is 4.98 Å². The number of carbonyl (C=O) groups excluding carboxylic acids is 1. The number of nitrogens with zero attached hydrogens (tertiary/aromatic N) is 3. The van der Waals surface area contributed by atoms with Crippen molar-refractivity contribution in [2.24, 2.45) is 0 Å². The fourth-order valence-electron chi connectivity index (χ4n) is 3.12. The second-order valence-corrected chi connectivity index (χ2v) is 6.71. The Morgan fingerprint density at radius 2 is 1.96 bits per heavy atom. The SMILES string of the molecule is O=C1CCC(c2nc(-c3ccc(Cl)cc3)no2)N1Cc1cc(F)ccc1F. The summed E-state index contributed by atoms with van der Waals surface area (Å²) in [7, 11) is 0. The van der Waals surface area contributed by atoms with Crippen LogP contribution < -0.4 is 0 Å². The van der Waals surface area contributed by atoms with Crippen LogP contribution in [0.15, 0.2) is 47.0 Å². The molecule has 1 amide bonds. The van der Waals surface area contributed by atoms with Crippen LogP contribution in [0.2, 0.25) is 5.02 Å². The van der Waals surface area contributed by atoms with Crippen molar-refractivity contribution in [3.05, 3.63) is 70.6 Å². The number of benzene rings is 2. The highest BCUT2D eigenvalue weighted by Gasteiger charge is 2.36. The van der Waals surface area contributed by atoms with E-state index in [-0.39, 0.29) is 30.3 Å². The van der Waals surface area contributed by atoms with Crippen molar-refractivity contribution in [1.82, 2.24) is 15.0 Å². The summed E-state index contributed by atoms with van der Waals surface area (Å²) >= 11 is 5.88. The molecule has 8 heteroatoms. The van der Waals surface area contributed by atoms with Gasteiger partial charge in [-0.3, -0.25) is 4.79 Å². The monoisotopic (exact) mass is 389 g/mol. The lowest BCUT2D eigenvalue weighted by Crippen LogP contribution is -2.27. The van der Waals surface area contributed by atoms with Gasteiger partial charge in [0.05, 0.1) is 0 Å². The van der Waals surface area contributed by atoms with Crippen molar-refractivity contribution in [1.29, 1.82) is 0 Å². The highest BCUT2D eigenvalue weighted by Crippen LogP contribution is 2.34. The predicted octanol–water partition coefficient (Wildman–Crippen LogP) is 4.53. The van der Waals surface area contributed by atoms with E-state index in [1.807, 2.05) is 0 Å². The van der Waals surface area contributed by atoms with E-state index in [1.54, 1.807) is 24.3 Å². The van der Waals surface area contributed by atoms with Crippen LogP contribution in [0.25, 0.3) is 11.4 Å². The van der Waals surface area contributed by atoms with Gasteiger partial charge in [0, 0.05) is 29.1 Å². The van der Waals surface area contributed by atoms with E-state index in [9.17, 15) is 13.6 Å². The summed E-state index contributed by atoms with van der Waals surface area (Å²) in [5, 5.41) is 4.55. The Morgan fingerprint density at radius 1 is 1.19 bits per heavy atom. The summed E-state index contributed by atoms with van der Waals surface area (Å²) in [4.78, 5) is 18.1. The van der Waals surface area contributed by atoms with Crippen molar-refractivity contribution in [2.75, 3.05) is 0 Å². The third kappa shape index (κ3) is 3.55. The third-order valence-corrected chi connectivity index (χ3v) is 4.76. The molecule has 0 aliphatic carbocycles. The molecule has 1 aliphatic heterocycles. The minimum atomic E-state index is -0.567. The molecule has 0 radical (unpaired) electrons. The van der Waals surface area contributed by atoms with Crippen LogP contribution in [0.1, 0.15) is 30.3 Å². The highest BCUT2D eigenvalue weighted by molar-refractivity contribution is 6.30. The highest BCUT2D eigenvalue weighted by atomic mass is 35.5. The largest absolute Gasteiger partial charge is 0.337 e. The van der Waals surface area contributed by atoms with Crippen LogP contribution in [0.3, 0.4) is 0 Å². The number of carbonyl (C=O) groups is 1. The number of amides is 1. The molecule has 1 aromatic heterocycles. The van der Waals surface area contributed by atoms with Crippen LogP contribution >= 0.6 is 11.6 Å². The molecule has 1 aliphatic rings. The maximum absolute atomic E-state index is 14.0. The van der Waals surface area contributed by atoms with E-state index in [0.29, 0.717) is 17.3 Å². The number of likely N-dealkylation sites (tertiary alicyclic amines) is 1. The number of halogens is 3. The van der Waals surface area contributed by atoms with Gasteiger partial charge in [-0.05, 0) is 48.9 Å². The van der Waals surface area contributed by atoms with Gasteiger partial charge in [-0.25, -0.2) is 8.78 Å². The number of hydrogen-bond donors (Lipinski definition) is 0. The van der Waals surface area contributed by atoms with E-state index in [0.717, 1.165) is 23.8 Å². The number of rotatable bonds is 4. The van der Waals surface area contributed by atoms with E-state index < -0.39 is 17.7 Å². The molecule has 1 fully saturated rings. The molecule has 138 valence electrons. The fourth-order valence-corrected chi connectivity index (χ4v) is 3.25. The first-order valence-corrected chi connectivity index (χ1v) is 8.72. The summed E-state index contributed by atoms with van der Waals surface area (Å²) in [6.07, 6.45) is 0.748. The fraction of sp³-hybridized carbons (Fsp3) is 0.211. The molecule has 0 saturated carbocycles. The molecule has 1 atom stereocenters. The Balaban J connectivity index is 1.60. The lowest BCUT2D eigenvalue weighted by Gasteiger charge is -2.22. The Hall–Kier alpha value is -2.80. The first kappa shape index (κ1) is 17.6. The minimum absolute atomic E-state index is 0.0637. The molecular weight excluding hydrogens is 376 g/mol. The van der Waals surface area contributed by atoms with Crippen LogP contribution in [-0.2, 0) is 11.3 Å². The summed E-state index contributed by atoms with van der Waals surface area (Å²) in [6, 6.07) is 9.65. The van der Waals surface area contributed by atoms with Crippen molar-refractivity contribution in [3.8, 4) is 11.4 Å². The summed E-state index contributed by atoms with van der Waals surface area (Å²) < 4.78 is 32.8. The molecule has 1 saturated heterocycles. The molecule has 0 N–H and O–H groups in total. The van der Waals surface area contributed by atoms with Crippen molar-refractivity contribution in [2.45, 2.75) is 25.4 Å². The van der Waals surface area contributed by atoms with Crippen molar-refractivity contribution < 1.29 is 18.1 Å². The van der Waals surface area contributed by atoms with Crippen LogP contribution in [0, 0.1) is 11.6 Å². The molecule has 2 heterocycles. The zero-order valence-electron chi connectivity index (χ0n) is 14.0. The van der Waals surface area contributed by atoms with E-state index in [2.05, 4.69) is 10.1 Å². The van der Waals surface area contributed by atoms with E-state index >= 15 is 0 Å². The molecule has 0 bridgehead atoms. The van der Waals surface area contributed by atoms with Gasteiger partial charge in [0.1, 0.15) is 17.7 Å². The van der Waals surface area contributed by atoms with Crippen LogP contribution in [0.5, 0.6) is 0 Å². The average molecular weight is 390 g/mol. The Kier molecular flexibility index (Phi) is 4.61. The second kappa shape index (κ2) is 7.08. The zero-order chi connectivity index (χ0) is 19.0. The van der Waals surface area contributed by atoms with Gasteiger partial charge in [0.25, 0.3) is 0 Å². The van der Waals surface area contributed by atoms with E-state index in [1.165, 1.54) is 4.90 Å². The van der Waals surface area contributed by atoms with Crippen LogP contribution in [-0.4, -0.2) is 20.9 Å². The maximum Gasteiger partial charge on any atom is 0.249 e. The number of aromatic nitrogens is 2. The first-order chi connectivity index (χ1) is 13.0. The standard InChI is InChI=1S/C19H14ClF2N3O2/c20-13-3-1-11(2-4-13)18-23-19(27-24-18)16-7-8-17(26)25(16)10-12-9-14(21)5-6-15(12)22/h1-6,9,16H,7-8,10H2. The maximum atomic E-state index is 14.0. The van der Waals surface area contributed by atoms with Crippen molar-refractivity contribution in [3.63, 3.8) is 0 Å². The second-order valence-electron chi connectivity index (χ2n) is 6.27. The molecule has 3 aromatic rings. The van der Waals surface area contributed by atoms with Gasteiger partial charge in [-0.15, -0.1) is 0 Å². The van der Waals surface area contributed by atoms with Gasteiger partial charge in [0.2, 0.25) is 17.6 Å². The molecular formula is C19H14ClF2N3O2. The Bertz CT molecular complexity index is 991. The lowest BCUT2D eigenvalue weighted by atomic mass is 10.1. The summed E-state index contributed by atoms with van der Waals surface area (Å²) in [6.45, 7) is -0.0637. The lowest BCUT2D eigenvalue weighted by molar-refractivity contribution is -0.130. The normalized spacial score (nSPS) is 16.9. The molecule has 2 aromatic carbocycles. The third-order valence-electron chi connectivity index (χ3n) is 4.51. The molecule has 4 rings (SSSR count). The summed E-state index contributed by atoms with van der Waals surface area (Å²) in [5.41, 5.74) is 0.828. The van der Waals surface area contributed by atoms with Gasteiger partial charge < -0.3 is 9.42 Å². The smallest absolute Gasteiger partial charge is 0.249 e. The van der Waals surface area contributed by atoms with E-state index in [4.69, 9.17) is 16.1 Å². The Morgan fingerprint density at radius 3 is 2.74 bits per heavy atom. The Labute approximate surface area is 158 Å². The number of hydrogen-bond acceptors (Lipinski definition) is 4. The molecule has 0 spiro atoms. The summed E-state index contributed by atoms with van der Waals surface area (Å²) in [5.74, 6) is -0.657. The quantitative estimate of drug-likeness (QED) is 0.657. The van der Waals surface area contributed by atoms with Crippen LogP contribution in [0.4, 0.5) is 8.78 Å². The minimum Gasteiger partial charge on any atom is -0.337 e. The van der Waals surface area contributed by atoms with Gasteiger partial charge >= 0.3 is 0 Å². The van der Waals surface area contributed by atoms with Gasteiger partial charge in [-0.1, -0.05) is 16.8 Å². The molecule has 27 heavy (non-hydrogen) atoms. The first-order valence-electron chi connectivity index (χ1n) is 8.34. The topological polar surface area (TPSA) is 59.2 Å².